The number of ether oxygens (including phenoxy) is 1. The van der Waals surface area contributed by atoms with Crippen LogP contribution in [-0.4, -0.2) is 39.6 Å². The summed E-state index contributed by atoms with van der Waals surface area (Å²) in [6.07, 6.45) is 1.08. The summed E-state index contributed by atoms with van der Waals surface area (Å²) in [5.41, 5.74) is 0. The van der Waals surface area contributed by atoms with E-state index in [2.05, 4.69) is 10.0 Å². The molecule has 1 amide bonds. The Bertz CT molecular complexity index is 617. The number of carbonyl (C=O) groups excluding carboxylic acids is 1. The predicted octanol–water partition coefficient (Wildman–Crippen LogP) is 1.81. The van der Waals surface area contributed by atoms with Gasteiger partial charge in [-0.15, -0.1) is 0 Å². The molecule has 24 heavy (non-hydrogen) atoms. The van der Waals surface area contributed by atoms with E-state index in [1.165, 1.54) is 0 Å². The van der Waals surface area contributed by atoms with Gasteiger partial charge in [-0.25, -0.2) is 12.8 Å². The SMILES string of the molecule is CCC(NS(=O)(=O)c1ccc(F)cc1)C(=O)NCCCOC(C)C. The Morgan fingerprint density at radius 1 is 1.25 bits per heavy atom. The average molecular weight is 360 g/mol. The molecule has 0 radical (unpaired) electrons. The molecule has 136 valence electrons. The minimum Gasteiger partial charge on any atom is -0.379 e. The molecule has 0 aliphatic rings. The number of nitrogens with one attached hydrogen (secondary N) is 2. The number of benzene rings is 1. The van der Waals surface area contributed by atoms with Crippen LogP contribution in [0, 0.1) is 5.82 Å². The molecule has 0 spiro atoms. The maximum Gasteiger partial charge on any atom is 0.241 e. The number of sulfonamides is 1. The first-order chi connectivity index (χ1) is 11.3. The quantitative estimate of drug-likeness (QED) is 0.623. The van der Waals surface area contributed by atoms with E-state index in [1.54, 1.807) is 6.92 Å². The van der Waals surface area contributed by atoms with Crippen molar-refractivity contribution in [3.05, 3.63) is 30.1 Å². The lowest BCUT2D eigenvalue weighted by Crippen LogP contribution is -2.46. The molecular weight excluding hydrogens is 335 g/mol. The van der Waals surface area contributed by atoms with Gasteiger partial charge in [0.05, 0.1) is 11.0 Å². The second-order valence-electron chi connectivity index (χ2n) is 5.60. The molecule has 1 rings (SSSR count). The van der Waals surface area contributed by atoms with E-state index in [9.17, 15) is 17.6 Å². The van der Waals surface area contributed by atoms with Gasteiger partial charge < -0.3 is 10.1 Å². The van der Waals surface area contributed by atoms with Crippen molar-refractivity contribution in [3.8, 4) is 0 Å². The zero-order valence-corrected chi connectivity index (χ0v) is 15.0. The zero-order valence-electron chi connectivity index (χ0n) is 14.2. The Morgan fingerprint density at radius 2 is 1.88 bits per heavy atom. The number of hydrogen-bond donors (Lipinski definition) is 2. The van der Waals surface area contributed by atoms with E-state index in [4.69, 9.17) is 4.74 Å². The Labute approximate surface area is 142 Å². The molecular formula is C16H25FN2O4S. The summed E-state index contributed by atoms with van der Waals surface area (Å²) in [7, 11) is -3.88. The Hall–Kier alpha value is -1.51. The fraction of sp³-hybridized carbons (Fsp3) is 0.562. The highest BCUT2D eigenvalue weighted by Crippen LogP contribution is 2.11. The van der Waals surface area contributed by atoms with Gasteiger partial charge in [0, 0.05) is 13.2 Å². The van der Waals surface area contributed by atoms with Crippen molar-refractivity contribution in [1.29, 1.82) is 0 Å². The molecule has 1 unspecified atom stereocenters. The van der Waals surface area contributed by atoms with Crippen LogP contribution in [0.3, 0.4) is 0 Å². The molecule has 1 aromatic rings. The van der Waals surface area contributed by atoms with Gasteiger partial charge in [0.1, 0.15) is 11.9 Å². The topological polar surface area (TPSA) is 84.5 Å². The molecule has 0 bridgehead atoms. The molecule has 0 heterocycles. The van der Waals surface area contributed by atoms with Crippen LogP contribution < -0.4 is 10.0 Å². The number of rotatable bonds is 10. The van der Waals surface area contributed by atoms with Gasteiger partial charge in [0.25, 0.3) is 0 Å². The van der Waals surface area contributed by atoms with Crippen molar-refractivity contribution in [1.82, 2.24) is 10.0 Å². The molecule has 0 aliphatic carbocycles. The molecule has 6 nitrogen and oxygen atoms in total. The van der Waals surface area contributed by atoms with Crippen LogP contribution >= 0.6 is 0 Å². The van der Waals surface area contributed by atoms with E-state index in [1.807, 2.05) is 13.8 Å². The van der Waals surface area contributed by atoms with Gasteiger partial charge >= 0.3 is 0 Å². The van der Waals surface area contributed by atoms with E-state index in [0.717, 1.165) is 24.3 Å². The van der Waals surface area contributed by atoms with Gasteiger partial charge in [-0.3, -0.25) is 4.79 Å². The van der Waals surface area contributed by atoms with Crippen LogP contribution in [0.15, 0.2) is 29.2 Å². The largest absolute Gasteiger partial charge is 0.379 e. The first-order valence-electron chi connectivity index (χ1n) is 7.93. The van der Waals surface area contributed by atoms with Gasteiger partial charge in [0.15, 0.2) is 0 Å². The molecule has 0 saturated carbocycles. The van der Waals surface area contributed by atoms with E-state index in [0.29, 0.717) is 26.0 Å². The van der Waals surface area contributed by atoms with E-state index >= 15 is 0 Å². The Morgan fingerprint density at radius 3 is 2.42 bits per heavy atom. The maximum atomic E-state index is 12.9. The molecule has 8 heteroatoms. The third-order valence-corrected chi connectivity index (χ3v) is 4.71. The van der Waals surface area contributed by atoms with Crippen molar-refractivity contribution in [2.24, 2.45) is 0 Å². The number of carbonyl (C=O) groups is 1. The van der Waals surface area contributed by atoms with Crippen molar-refractivity contribution < 1.29 is 22.3 Å². The zero-order chi connectivity index (χ0) is 18.2. The van der Waals surface area contributed by atoms with Gasteiger partial charge in [-0.2, -0.15) is 4.72 Å². The summed E-state index contributed by atoms with van der Waals surface area (Å²) in [4.78, 5) is 12.0. The van der Waals surface area contributed by atoms with Crippen molar-refractivity contribution in [2.75, 3.05) is 13.2 Å². The average Bonchev–Trinajstić information content (AvgIpc) is 2.52. The van der Waals surface area contributed by atoms with Crippen molar-refractivity contribution in [2.45, 2.75) is 50.7 Å². The lowest BCUT2D eigenvalue weighted by molar-refractivity contribution is -0.122. The monoisotopic (exact) mass is 360 g/mol. The molecule has 1 atom stereocenters. The van der Waals surface area contributed by atoms with Gasteiger partial charge in [-0.05, 0) is 51.0 Å². The normalized spacial score (nSPS) is 13.0. The highest BCUT2D eigenvalue weighted by molar-refractivity contribution is 7.89. The van der Waals surface area contributed by atoms with Crippen LogP contribution in [0.25, 0.3) is 0 Å². The van der Waals surface area contributed by atoms with E-state index in [-0.39, 0.29) is 11.0 Å². The maximum absolute atomic E-state index is 12.9. The van der Waals surface area contributed by atoms with Crippen molar-refractivity contribution >= 4 is 15.9 Å². The lowest BCUT2D eigenvalue weighted by Gasteiger charge is -2.17. The van der Waals surface area contributed by atoms with Crippen LogP contribution in [0.2, 0.25) is 0 Å². The first-order valence-corrected chi connectivity index (χ1v) is 9.41. The van der Waals surface area contributed by atoms with Crippen LogP contribution in [-0.2, 0) is 19.6 Å². The molecule has 0 aliphatic heterocycles. The number of amides is 1. The third-order valence-electron chi connectivity index (χ3n) is 3.22. The number of hydrogen-bond acceptors (Lipinski definition) is 4. The summed E-state index contributed by atoms with van der Waals surface area (Å²) in [6, 6.07) is 3.55. The standard InChI is InChI=1S/C16H25FN2O4S/c1-4-15(16(20)18-10-5-11-23-12(2)3)19-24(21,22)14-8-6-13(17)7-9-14/h6-9,12,15,19H,4-5,10-11H2,1-3H3,(H,18,20). The minimum absolute atomic E-state index is 0.0829. The van der Waals surface area contributed by atoms with Gasteiger partial charge in [-0.1, -0.05) is 6.92 Å². The Balaban J connectivity index is 2.56. The summed E-state index contributed by atoms with van der Waals surface area (Å²) >= 11 is 0. The third kappa shape index (κ3) is 6.94. The second kappa shape index (κ2) is 9.71. The first kappa shape index (κ1) is 20.5. The van der Waals surface area contributed by atoms with Crippen molar-refractivity contribution in [3.63, 3.8) is 0 Å². The summed E-state index contributed by atoms with van der Waals surface area (Å²) in [5, 5.41) is 2.68. The molecule has 2 N–H and O–H groups in total. The molecule has 0 saturated heterocycles. The second-order valence-corrected chi connectivity index (χ2v) is 7.31. The van der Waals surface area contributed by atoms with E-state index < -0.39 is 27.8 Å². The fourth-order valence-corrected chi connectivity index (χ4v) is 3.20. The summed E-state index contributed by atoms with van der Waals surface area (Å²) in [6.45, 7) is 6.49. The molecule has 0 fully saturated rings. The highest BCUT2D eigenvalue weighted by Gasteiger charge is 2.24. The summed E-state index contributed by atoms with van der Waals surface area (Å²) in [5.74, 6) is -0.921. The summed E-state index contributed by atoms with van der Waals surface area (Å²) < 4.78 is 45.1. The molecule has 0 aromatic heterocycles. The van der Waals surface area contributed by atoms with Crippen LogP contribution in [0.1, 0.15) is 33.6 Å². The number of halogens is 1. The minimum atomic E-state index is -3.88. The Kier molecular flexibility index (Phi) is 8.30. The molecule has 1 aromatic carbocycles. The van der Waals surface area contributed by atoms with Crippen LogP contribution in [0.4, 0.5) is 4.39 Å². The van der Waals surface area contributed by atoms with Gasteiger partial charge in [0.2, 0.25) is 15.9 Å². The highest BCUT2D eigenvalue weighted by atomic mass is 32.2. The fourth-order valence-electron chi connectivity index (χ4n) is 1.92. The van der Waals surface area contributed by atoms with Crippen LogP contribution in [0.5, 0.6) is 0 Å². The lowest BCUT2D eigenvalue weighted by atomic mass is 10.2. The smallest absolute Gasteiger partial charge is 0.241 e. The predicted molar refractivity (Wildman–Crippen MR) is 89.5 cm³/mol.